The quantitative estimate of drug-likeness (QED) is 0.901. The molecule has 1 atom stereocenters. The van der Waals surface area contributed by atoms with Crippen LogP contribution in [0.25, 0.3) is 0 Å². The molecule has 0 amide bonds. The summed E-state index contributed by atoms with van der Waals surface area (Å²) in [5, 5.41) is 5.79. The van der Waals surface area contributed by atoms with Gasteiger partial charge in [0.1, 0.15) is 0 Å². The lowest BCUT2D eigenvalue weighted by atomic mass is 10.1. The van der Waals surface area contributed by atoms with Gasteiger partial charge in [-0.3, -0.25) is 0 Å². The van der Waals surface area contributed by atoms with Gasteiger partial charge in [0.15, 0.2) is 9.84 Å². The molecule has 0 bridgehead atoms. The van der Waals surface area contributed by atoms with Crippen LogP contribution in [0.3, 0.4) is 0 Å². The molecule has 0 saturated carbocycles. The van der Waals surface area contributed by atoms with E-state index >= 15 is 0 Å². The summed E-state index contributed by atoms with van der Waals surface area (Å²) in [6, 6.07) is 0. The fourth-order valence-electron chi connectivity index (χ4n) is 2.15. The molecule has 6 heteroatoms. The molecule has 1 aromatic rings. The van der Waals surface area contributed by atoms with E-state index in [1.165, 1.54) is 0 Å². The van der Waals surface area contributed by atoms with Crippen LogP contribution in [0.4, 0.5) is 0 Å². The minimum atomic E-state index is -2.87. The predicted octanol–water partition coefficient (Wildman–Crippen LogP) is 1.37. The lowest BCUT2D eigenvalue weighted by Gasteiger charge is -2.21. The van der Waals surface area contributed by atoms with Crippen LogP contribution in [0.2, 0.25) is 0 Å². The fourth-order valence-corrected chi connectivity index (χ4v) is 5.01. The molecule has 17 heavy (non-hydrogen) atoms. The Morgan fingerprint density at radius 1 is 1.53 bits per heavy atom. The summed E-state index contributed by atoms with van der Waals surface area (Å²) in [5.74, 6) is 0.354. The van der Waals surface area contributed by atoms with Gasteiger partial charge in [-0.25, -0.2) is 13.4 Å². The first-order valence-corrected chi connectivity index (χ1v) is 8.51. The summed E-state index contributed by atoms with van der Waals surface area (Å²) in [5.41, 5.74) is 1.00. The van der Waals surface area contributed by atoms with E-state index in [1.54, 1.807) is 11.3 Å². The Hall–Kier alpha value is -0.460. The van der Waals surface area contributed by atoms with Crippen molar-refractivity contribution < 1.29 is 8.42 Å². The van der Waals surface area contributed by atoms with Gasteiger partial charge in [0.05, 0.1) is 21.7 Å². The zero-order valence-electron chi connectivity index (χ0n) is 9.98. The third kappa shape index (κ3) is 3.26. The fraction of sp³-hybridized carbons (Fsp3) is 0.727. The van der Waals surface area contributed by atoms with E-state index in [-0.39, 0.29) is 5.25 Å². The zero-order valence-corrected chi connectivity index (χ0v) is 11.6. The monoisotopic (exact) mass is 274 g/mol. The Balaban J connectivity index is 2.04. The number of rotatable bonds is 4. The van der Waals surface area contributed by atoms with Crippen molar-refractivity contribution in [1.82, 2.24) is 10.3 Å². The Morgan fingerprint density at radius 2 is 2.35 bits per heavy atom. The highest BCUT2D eigenvalue weighted by Crippen LogP contribution is 2.24. The number of nitrogens with zero attached hydrogens (tertiary/aromatic N) is 1. The van der Waals surface area contributed by atoms with E-state index in [4.69, 9.17) is 0 Å². The summed E-state index contributed by atoms with van der Waals surface area (Å²) in [7, 11) is -0.994. The lowest BCUT2D eigenvalue weighted by molar-refractivity contribution is 0.537. The molecular weight excluding hydrogens is 256 g/mol. The number of thiazole rings is 1. The molecule has 1 aliphatic heterocycles. The second-order valence-electron chi connectivity index (χ2n) is 4.45. The molecule has 1 aromatic heterocycles. The molecule has 1 fully saturated rings. The van der Waals surface area contributed by atoms with E-state index in [0.29, 0.717) is 12.2 Å². The molecule has 0 aliphatic carbocycles. The largest absolute Gasteiger partial charge is 0.314 e. The van der Waals surface area contributed by atoms with Gasteiger partial charge in [-0.05, 0) is 19.9 Å². The average Bonchev–Trinajstić information content (AvgIpc) is 2.70. The average molecular weight is 274 g/mol. The van der Waals surface area contributed by atoms with Gasteiger partial charge in [-0.15, -0.1) is 11.3 Å². The van der Waals surface area contributed by atoms with Gasteiger partial charge >= 0.3 is 0 Å². The number of sulfone groups is 1. The summed E-state index contributed by atoms with van der Waals surface area (Å²) < 4.78 is 23.8. The van der Waals surface area contributed by atoms with Crippen LogP contribution in [0, 0.1) is 0 Å². The van der Waals surface area contributed by atoms with Gasteiger partial charge < -0.3 is 5.32 Å². The van der Waals surface area contributed by atoms with Gasteiger partial charge in [0, 0.05) is 18.3 Å². The Morgan fingerprint density at radius 3 is 3.06 bits per heavy atom. The highest BCUT2D eigenvalue weighted by Gasteiger charge is 2.29. The van der Waals surface area contributed by atoms with E-state index in [2.05, 4.69) is 10.3 Å². The van der Waals surface area contributed by atoms with Crippen molar-refractivity contribution in [2.24, 2.45) is 0 Å². The van der Waals surface area contributed by atoms with Crippen molar-refractivity contribution in [3.63, 3.8) is 0 Å². The van der Waals surface area contributed by atoms with E-state index in [9.17, 15) is 8.42 Å². The van der Waals surface area contributed by atoms with Gasteiger partial charge in [-0.1, -0.05) is 6.42 Å². The number of nitrogens with one attached hydrogen (secondary N) is 1. The molecule has 1 saturated heterocycles. The highest BCUT2D eigenvalue weighted by molar-refractivity contribution is 7.92. The van der Waals surface area contributed by atoms with Crippen LogP contribution in [0.1, 0.15) is 30.0 Å². The van der Waals surface area contributed by atoms with E-state index in [1.807, 2.05) is 12.4 Å². The van der Waals surface area contributed by atoms with Crippen LogP contribution in [0.15, 0.2) is 5.38 Å². The second-order valence-corrected chi connectivity index (χ2v) is 7.80. The molecule has 0 aromatic carbocycles. The first-order valence-electron chi connectivity index (χ1n) is 5.91. The highest BCUT2D eigenvalue weighted by atomic mass is 32.2. The third-order valence-electron chi connectivity index (χ3n) is 3.07. The van der Waals surface area contributed by atoms with E-state index < -0.39 is 9.84 Å². The molecule has 2 heterocycles. The van der Waals surface area contributed by atoms with Gasteiger partial charge in [0.2, 0.25) is 0 Å². The topological polar surface area (TPSA) is 59.1 Å². The summed E-state index contributed by atoms with van der Waals surface area (Å²) in [6.45, 7) is 0.744. The molecule has 4 nitrogen and oxygen atoms in total. The maximum Gasteiger partial charge on any atom is 0.153 e. The Kier molecular flexibility index (Phi) is 4.17. The van der Waals surface area contributed by atoms with Gasteiger partial charge in [-0.2, -0.15) is 0 Å². The molecule has 1 N–H and O–H groups in total. The van der Waals surface area contributed by atoms with Crippen molar-refractivity contribution in [3.8, 4) is 0 Å². The normalized spacial score (nSPS) is 23.7. The standard InChI is InChI=1S/C11H18N2O2S2/c1-12-7-9-8-16-11(13-9)6-10-4-2-3-5-17(10,14)15/h8,10,12H,2-7H2,1H3. The van der Waals surface area contributed by atoms with Crippen molar-refractivity contribution in [3.05, 3.63) is 16.1 Å². The minimum absolute atomic E-state index is 0.204. The molecule has 96 valence electrons. The van der Waals surface area contributed by atoms with Crippen LogP contribution < -0.4 is 5.32 Å². The maximum absolute atomic E-state index is 11.9. The molecule has 1 unspecified atom stereocenters. The van der Waals surface area contributed by atoms with Crippen LogP contribution in [0.5, 0.6) is 0 Å². The first kappa shape index (κ1) is 13.0. The predicted molar refractivity (Wildman–Crippen MR) is 70.0 cm³/mol. The summed E-state index contributed by atoms with van der Waals surface area (Å²) >= 11 is 1.57. The lowest BCUT2D eigenvalue weighted by Crippen LogP contribution is -2.30. The molecule has 2 rings (SSSR count). The number of hydrogen-bond donors (Lipinski definition) is 1. The first-order chi connectivity index (χ1) is 8.12. The van der Waals surface area contributed by atoms with Crippen molar-refractivity contribution >= 4 is 21.2 Å². The number of aromatic nitrogens is 1. The zero-order chi connectivity index (χ0) is 12.3. The van der Waals surface area contributed by atoms with Crippen LogP contribution in [-0.4, -0.2) is 31.5 Å². The van der Waals surface area contributed by atoms with Crippen LogP contribution in [-0.2, 0) is 22.8 Å². The van der Waals surface area contributed by atoms with Crippen molar-refractivity contribution in [2.75, 3.05) is 12.8 Å². The number of hydrogen-bond acceptors (Lipinski definition) is 5. The molecule has 1 aliphatic rings. The Labute approximate surface area is 106 Å². The Bertz CT molecular complexity index is 468. The maximum atomic E-state index is 11.9. The van der Waals surface area contributed by atoms with Crippen LogP contribution >= 0.6 is 11.3 Å². The molecular formula is C11H18N2O2S2. The molecule has 0 radical (unpaired) electrons. The summed E-state index contributed by atoms with van der Waals surface area (Å²) in [4.78, 5) is 4.45. The summed E-state index contributed by atoms with van der Waals surface area (Å²) in [6.07, 6.45) is 3.24. The van der Waals surface area contributed by atoms with Crippen molar-refractivity contribution in [1.29, 1.82) is 0 Å². The minimum Gasteiger partial charge on any atom is -0.314 e. The van der Waals surface area contributed by atoms with E-state index in [0.717, 1.165) is 36.5 Å². The smallest absolute Gasteiger partial charge is 0.153 e. The third-order valence-corrected chi connectivity index (χ3v) is 6.27. The van der Waals surface area contributed by atoms with Crippen molar-refractivity contribution in [2.45, 2.75) is 37.5 Å². The van der Waals surface area contributed by atoms with Gasteiger partial charge in [0.25, 0.3) is 0 Å². The molecule has 0 spiro atoms. The second kappa shape index (κ2) is 5.46. The SMILES string of the molecule is CNCc1csc(CC2CCCCS2(=O)=O)n1.